The van der Waals surface area contributed by atoms with Gasteiger partial charge < -0.3 is 14.2 Å². The smallest absolute Gasteiger partial charge is 0.280 e. The van der Waals surface area contributed by atoms with Crippen molar-refractivity contribution in [2.24, 2.45) is 0 Å². The lowest BCUT2D eigenvalue weighted by Gasteiger charge is -2.31. The first-order chi connectivity index (χ1) is 14.2. The van der Waals surface area contributed by atoms with Crippen LogP contribution in [0.5, 0.6) is 5.75 Å². The topological polar surface area (TPSA) is 99.2 Å². The largest absolute Gasteiger partial charge is 0.497 e. The van der Waals surface area contributed by atoms with E-state index in [4.69, 9.17) is 9.26 Å². The van der Waals surface area contributed by atoms with E-state index in [9.17, 15) is 4.79 Å². The predicted octanol–water partition coefficient (Wildman–Crippen LogP) is 2.69. The summed E-state index contributed by atoms with van der Waals surface area (Å²) in [6, 6.07) is 7.42. The van der Waals surface area contributed by atoms with Crippen LogP contribution in [0.2, 0.25) is 0 Å². The Kier molecular flexibility index (Phi) is 4.49. The summed E-state index contributed by atoms with van der Waals surface area (Å²) in [6.45, 7) is 1.36. The third-order valence-corrected chi connectivity index (χ3v) is 5.58. The minimum absolute atomic E-state index is 0.0452. The zero-order chi connectivity index (χ0) is 19.8. The second kappa shape index (κ2) is 7.31. The number of carbonyl (C=O) groups is 1. The van der Waals surface area contributed by atoms with E-state index in [1.807, 2.05) is 27.9 Å². The van der Waals surface area contributed by atoms with Crippen LogP contribution in [0, 0.1) is 0 Å². The van der Waals surface area contributed by atoms with Crippen LogP contribution in [0.4, 0.5) is 0 Å². The number of aromatic nitrogens is 5. The summed E-state index contributed by atoms with van der Waals surface area (Å²) in [5, 5.41) is 12.5. The molecule has 1 aromatic carbocycles. The fourth-order valence-electron chi connectivity index (χ4n) is 3.65. The van der Waals surface area contributed by atoms with Crippen molar-refractivity contribution in [1.82, 2.24) is 30.0 Å². The maximum absolute atomic E-state index is 12.7. The van der Waals surface area contributed by atoms with Gasteiger partial charge >= 0.3 is 0 Å². The van der Waals surface area contributed by atoms with Gasteiger partial charge in [-0.1, -0.05) is 10.4 Å². The molecule has 1 aliphatic carbocycles. The van der Waals surface area contributed by atoms with Gasteiger partial charge in [0.05, 0.1) is 19.3 Å². The van der Waals surface area contributed by atoms with Crippen molar-refractivity contribution in [3.8, 4) is 17.3 Å². The van der Waals surface area contributed by atoms with E-state index in [-0.39, 0.29) is 11.9 Å². The highest BCUT2D eigenvalue weighted by Crippen LogP contribution is 2.38. The van der Waals surface area contributed by atoms with E-state index >= 15 is 0 Å². The molecule has 29 heavy (non-hydrogen) atoms. The molecule has 0 unspecified atom stereocenters. The molecule has 9 heteroatoms. The molecule has 2 aliphatic rings. The highest BCUT2D eigenvalue weighted by Gasteiger charge is 2.30. The van der Waals surface area contributed by atoms with Gasteiger partial charge in [0.2, 0.25) is 0 Å². The number of piperidine rings is 1. The quantitative estimate of drug-likeness (QED) is 0.656. The van der Waals surface area contributed by atoms with Gasteiger partial charge in [-0.05, 0) is 49.9 Å². The van der Waals surface area contributed by atoms with Crippen molar-refractivity contribution in [3.63, 3.8) is 0 Å². The molecule has 3 heterocycles. The Balaban J connectivity index is 1.21. The minimum atomic E-state index is 0.0452. The maximum Gasteiger partial charge on any atom is 0.280 e. The molecule has 2 fully saturated rings. The molecule has 1 amide bonds. The molecule has 1 aliphatic heterocycles. The number of carbonyl (C=O) groups excluding carboxylic acids is 1. The third-order valence-electron chi connectivity index (χ3n) is 5.58. The standard InChI is InChI=1S/C20H22N6O3/c1-28-16-6-4-14(5-7-16)20(27)25-10-8-15(9-11-25)26-12-17(22-24-26)19-21-18(23-29-19)13-2-3-13/h4-7,12-13,15H,2-3,8-11H2,1H3. The van der Waals surface area contributed by atoms with Crippen molar-refractivity contribution < 1.29 is 14.1 Å². The molecule has 0 spiro atoms. The summed E-state index contributed by atoms with van der Waals surface area (Å²) >= 11 is 0. The highest BCUT2D eigenvalue weighted by molar-refractivity contribution is 5.94. The summed E-state index contributed by atoms with van der Waals surface area (Å²) in [7, 11) is 1.61. The third kappa shape index (κ3) is 3.59. The maximum atomic E-state index is 12.7. The van der Waals surface area contributed by atoms with Crippen LogP contribution in [0.25, 0.3) is 11.6 Å². The molecular formula is C20H22N6O3. The molecule has 2 aromatic heterocycles. The zero-order valence-electron chi connectivity index (χ0n) is 16.2. The Morgan fingerprint density at radius 1 is 1.14 bits per heavy atom. The fraction of sp³-hybridized carbons (Fsp3) is 0.450. The van der Waals surface area contributed by atoms with Gasteiger partial charge in [-0.15, -0.1) is 5.10 Å². The summed E-state index contributed by atoms with van der Waals surface area (Å²) in [6.07, 6.45) is 5.75. The number of methoxy groups -OCH3 is 1. The second-order valence-corrected chi connectivity index (χ2v) is 7.57. The molecule has 0 atom stereocenters. The lowest BCUT2D eigenvalue weighted by atomic mass is 10.0. The SMILES string of the molecule is COc1ccc(C(=O)N2CCC(n3cc(-c4nc(C5CC5)no4)nn3)CC2)cc1. The van der Waals surface area contributed by atoms with Gasteiger partial charge in [-0.25, -0.2) is 4.68 Å². The molecule has 9 nitrogen and oxygen atoms in total. The van der Waals surface area contributed by atoms with Crippen molar-refractivity contribution in [2.75, 3.05) is 20.2 Å². The molecule has 150 valence electrons. The molecule has 0 radical (unpaired) electrons. The molecular weight excluding hydrogens is 372 g/mol. The summed E-state index contributed by atoms with van der Waals surface area (Å²) < 4.78 is 12.3. The van der Waals surface area contributed by atoms with Crippen LogP contribution in [0.1, 0.15) is 53.8 Å². The number of ether oxygens (including phenoxy) is 1. The van der Waals surface area contributed by atoms with Gasteiger partial charge in [0.15, 0.2) is 11.5 Å². The van der Waals surface area contributed by atoms with Crippen LogP contribution in [-0.2, 0) is 0 Å². The van der Waals surface area contributed by atoms with Crippen molar-refractivity contribution in [1.29, 1.82) is 0 Å². The van der Waals surface area contributed by atoms with Gasteiger partial charge in [-0.2, -0.15) is 4.98 Å². The van der Waals surface area contributed by atoms with Gasteiger partial charge in [0.25, 0.3) is 11.8 Å². The number of hydrogen-bond acceptors (Lipinski definition) is 7. The summed E-state index contributed by atoms with van der Waals surface area (Å²) in [5.41, 5.74) is 1.27. The summed E-state index contributed by atoms with van der Waals surface area (Å²) in [5.74, 6) is 2.41. The van der Waals surface area contributed by atoms with Crippen LogP contribution in [0.15, 0.2) is 35.0 Å². The second-order valence-electron chi connectivity index (χ2n) is 7.57. The molecule has 0 N–H and O–H groups in total. The number of amides is 1. The lowest BCUT2D eigenvalue weighted by Crippen LogP contribution is -2.39. The average molecular weight is 394 g/mol. The van der Waals surface area contributed by atoms with E-state index < -0.39 is 0 Å². The zero-order valence-corrected chi connectivity index (χ0v) is 16.2. The monoisotopic (exact) mass is 394 g/mol. The van der Waals surface area contributed by atoms with E-state index in [0.717, 1.165) is 37.3 Å². The first-order valence-corrected chi connectivity index (χ1v) is 9.90. The van der Waals surface area contributed by atoms with E-state index in [0.29, 0.717) is 36.2 Å². The van der Waals surface area contributed by atoms with E-state index in [1.165, 1.54) is 0 Å². The lowest BCUT2D eigenvalue weighted by molar-refractivity contribution is 0.0689. The molecule has 3 aromatic rings. The van der Waals surface area contributed by atoms with Gasteiger partial charge in [0.1, 0.15) is 5.75 Å². The number of hydrogen-bond donors (Lipinski definition) is 0. The Bertz CT molecular complexity index is 999. The highest BCUT2D eigenvalue weighted by atomic mass is 16.5. The van der Waals surface area contributed by atoms with Crippen molar-refractivity contribution in [3.05, 3.63) is 41.9 Å². The first kappa shape index (κ1) is 17.8. The van der Waals surface area contributed by atoms with E-state index in [2.05, 4.69) is 20.5 Å². The Hall–Kier alpha value is -3.23. The van der Waals surface area contributed by atoms with Crippen molar-refractivity contribution in [2.45, 2.75) is 37.6 Å². The average Bonchev–Trinajstić information content (AvgIpc) is 3.30. The normalized spacial score (nSPS) is 17.5. The van der Waals surface area contributed by atoms with Crippen LogP contribution in [0.3, 0.4) is 0 Å². The number of nitrogens with zero attached hydrogens (tertiary/aromatic N) is 6. The molecule has 1 saturated heterocycles. The Morgan fingerprint density at radius 2 is 1.90 bits per heavy atom. The van der Waals surface area contributed by atoms with Crippen molar-refractivity contribution >= 4 is 5.91 Å². The number of rotatable bonds is 5. The molecule has 0 bridgehead atoms. The van der Waals surface area contributed by atoms with Gasteiger partial charge in [-0.3, -0.25) is 4.79 Å². The van der Waals surface area contributed by atoms with Gasteiger partial charge in [0, 0.05) is 24.6 Å². The summed E-state index contributed by atoms with van der Waals surface area (Å²) in [4.78, 5) is 19.0. The number of benzene rings is 1. The Labute approximate surface area is 167 Å². The molecule has 1 saturated carbocycles. The molecule has 5 rings (SSSR count). The fourth-order valence-corrected chi connectivity index (χ4v) is 3.65. The van der Waals surface area contributed by atoms with Crippen LogP contribution >= 0.6 is 0 Å². The van der Waals surface area contributed by atoms with Crippen LogP contribution < -0.4 is 4.74 Å². The van der Waals surface area contributed by atoms with Crippen LogP contribution in [-0.4, -0.2) is 56.1 Å². The minimum Gasteiger partial charge on any atom is -0.497 e. The Morgan fingerprint density at radius 3 is 2.59 bits per heavy atom. The van der Waals surface area contributed by atoms with E-state index in [1.54, 1.807) is 19.2 Å². The predicted molar refractivity (Wildman–Crippen MR) is 102 cm³/mol. The number of likely N-dealkylation sites (tertiary alicyclic amines) is 1. The first-order valence-electron chi connectivity index (χ1n) is 9.90.